The Hall–Kier alpha value is -3.35. The summed E-state index contributed by atoms with van der Waals surface area (Å²) in [6.45, 7) is 7.68. The lowest BCUT2D eigenvalue weighted by Crippen LogP contribution is -2.35. The molecule has 158 valence electrons. The number of ether oxygens (including phenoxy) is 1. The van der Waals surface area contributed by atoms with E-state index in [0.717, 1.165) is 11.1 Å². The Bertz CT molecular complexity index is 1060. The predicted octanol–water partition coefficient (Wildman–Crippen LogP) is 4.13. The molecule has 3 aromatic rings. The summed E-state index contributed by atoms with van der Waals surface area (Å²) in [5.41, 5.74) is 2.79. The molecule has 0 aliphatic rings. The molecular weight excluding hydrogens is 382 g/mol. The van der Waals surface area contributed by atoms with E-state index in [0.29, 0.717) is 16.8 Å². The summed E-state index contributed by atoms with van der Waals surface area (Å²) < 4.78 is 7.85. The number of hydrogen-bond donors (Lipinski definition) is 1. The zero-order chi connectivity index (χ0) is 21.8. The number of nitrogens with zero attached hydrogens (tertiary/aromatic N) is 3. The first-order valence-corrected chi connectivity index (χ1v) is 9.98. The first-order chi connectivity index (χ1) is 14.3. The molecule has 1 amide bonds. The Morgan fingerprint density at radius 2 is 1.87 bits per heavy atom. The van der Waals surface area contributed by atoms with Crippen molar-refractivity contribution in [1.29, 1.82) is 0 Å². The van der Waals surface area contributed by atoms with Crippen LogP contribution in [-0.2, 0) is 11.3 Å². The van der Waals surface area contributed by atoms with E-state index in [1.54, 1.807) is 18.5 Å². The van der Waals surface area contributed by atoms with Crippen LogP contribution in [0.5, 0.6) is 5.75 Å². The van der Waals surface area contributed by atoms with Gasteiger partial charge in [0.05, 0.1) is 30.0 Å². The number of amides is 1. The molecule has 0 atom stereocenters. The predicted molar refractivity (Wildman–Crippen MR) is 115 cm³/mol. The van der Waals surface area contributed by atoms with Crippen LogP contribution in [0.2, 0.25) is 0 Å². The van der Waals surface area contributed by atoms with Gasteiger partial charge in [0.25, 0.3) is 5.91 Å². The molecular formula is C23H27N3O4. The second-order valence-electron chi connectivity index (χ2n) is 7.78. The monoisotopic (exact) mass is 409 g/mol. The lowest BCUT2D eigenvalue weighted by molar-refractivity contribution is -0.137. The van der Waals surface area contributed by atoms with Crippen molar-refractivity contribution in [3.63, 3.8) is 0 Å². The van der Waals surface area contributed by atoms with E-state index in [9.17, 15) is 14.7 Å². The van der Waals surface area contributed by atoms with Gasteiger partial charge in [0.2, 0.25) is 0 Å². The third kappa shape index (κ3) is 4.79. The Balaban J connectivity index is 1.91. The molecule has 3 rings (SSSR count). The Morgan fingerprint density at radius 1 is 1.13 bits per heavy atom. The Kier molecular flexibility index (Phi) is 6.40. The number of rotatable bonds is 8. The standard InChI is InChI=1S/C23H27N3O4/c1-15(2)26-14-24-19-11-17(9-10-20(19)26)23(29)25(13-22(27)28)12-18-7-5-6-8-21(18)30-16(3)4/h5-11,14-16H,12-13H2,1-4H3,(H,27,28). The summed E-state index contributed by atoms with van der Waals surface area (Å²) in [5.74, 6) is -0.796. The molecule has 2 aromatic carbocycles. The third-order valence-electron chi connectivity index (χ3n) is 4.69. The van der Waals surface area contributed by atoms with Gasteiger partial charge in [-0.15, -0.1) is 0 Å². The lowest BCUT2D eigenvalue weighted by atomic mass is 10.1. The van der Waals surface area contributed by atoms with E-state index in [1.807, 2.05) is 48.7 Å². The van der Waals surface area contributed by atoms with Crippen molar-refractivity contribution in [3.05, 3.63) is 59.9 Å². The van der Waals surface area contributed by atoms with Crippen LogP contribution in [0.3, 0.4) is 0 Å². The SMILES string of the molecule is CC(C)Oc1ccccc1CN(CC(=O)O)C(=O)c1ccc2c(c1)ncn2C(C)C. The van der Waals surface area contributed by atoms with Gasteiger partial charge in [-0.05, 0) is 52.0 Å². The highest BCUT2D eigenvalue weighted by atomic mass is 16.5. The van der Waals surface area contributed by atoms with Crippen molar-refractivity contribution in [2.45, 2.75) is 46.4 Å². The van der Waals surface area contributed by atoms with Crippen molar-refractivity contribution in [3.8, 4) is 5.75 Å². The normalized spacial score (nSPS) is 11.3. The maximum absolute atomic E-state index is 13.2. The van der Waals surface area contributed by atoms with Gasteiger partial charge in [-0.2, -0.15) is 0 Å². The van der Waals surface area contributed by atoms with Crippen molar-refractivity contribution < 1.29 is 19.4 Å². The van der Waals surface area contributed by atoms with Crippen LogP contribution in [0.25, 0.3) is 11.0 Å². The fourth-order valence-electron chi connectivity index (χ4n) is 3.33. The summed E-state index contributed by atoms with van der Waals surface area (Å²) in [4.78, 5) is 30.3. The first-order valence-electron chi connectivity index (χ1n) is 9.98. The molecule has 7 nitrogen and oxygen atoms in total. The smallest absolute Gasteiger partial charge is 0.323 e. The van der Waals surface area contributed by atoms with Gasteiger partial charge >= 0.3 is 5.97 Å². The van der Waals surface area contributed by atoms with Crippen molar-refractivity contribution in [1.82, 2.24) is 14.5 Å². The number of para-hydroxylation sites is 1. The second-order valence-corrected chi connectivity index (χ2v) is 7.78. The first kappa shape index (κ1) is 21.4. The number of imidazole rings is 1. The van der Waals surface area contributed by atoms with Crippen LogP contribution in [0.15, 0.2) is 48.8 Å². The van der Waals surface area contributed by atoms with Gasteiger partial charge in [0.1, 0.15) is 12.3 Å². The van der Waals surface area contributed by atoms with Crippen LogP contribution in [0, 0.1) is 0 Å². The molecule has 1 N–H and O–H groups in total. The van der Waals surface area contributed by atoms with E-state index in [1.165, 1.54) is 4.90 Å². The minimum Gasteiger partial charge on any atom is -0.491 e. The quantitative estimate of drug-likeness (QED) is 0.605. The molecule has 0 saturated carbocycles. The number of carboxylic acid groups (broad SMARTS) is 1. The van der Waals surface area contributed by atoms with Gasteiger partial charge in [0, 0.05) is 17.2 Å². The zero-order valence-electron chi connectivity index (χ0n) is 17.7. The molecule has 0 fully saturated rings. The fourth-order valence-corrected chi connectivity index (χ4v) is 3.33. The number of aromatic nitrogens is 2. The summed E-state index contributed by atoms with van der Waals surface area (Å²) in [5, 5.41) is 9.37. The van der Waals surface area contributed by atoms with E-state index in [2.05, 4.69) is 18.8 Å². The van der Waals surface area contributed by atoms with E-state index in [4.69, 9.17) is 4.74 Å². The molecule has 30 heavy (non-hydrogen) atoms. The number of carbonyl (C=O) groups excluding carboxylic acids is 1. The van der Waals surface area contributed by atoms with Crippen molar-refractivity contribution in [2.75, 3.05) is 6.54 Å². The van der Waals surface area contributed by atoms with Gasteiger partial charge in [-0.3, -0.25) is 9.59 Å². The molecule has 0 aliphatic carbocycles. The average molecular weight is 409 g/mol. The largest absolute Gasteiger partial charge is 0.491 e. The Labute approximate surface area is 175 Å². The topological polar surface area (TPSA) is 84.7 Å². The Morgan fingerprint density at radius 3 is 2.53 bits per heavy atom. The van der Waals surface area contributed by atoms with Gasteiger partial charge in [0.15, 0.2) is 0 Å². The molecule has 1 aromatic heterocycles. The van der Waals surface area contributed by atoms with Crippen LogP contribution in [0.4, 0.5) is 0 Å². The van der Waals surface area contributed by atoms with Crippen LogP contribution < -0.4 is 4.74 Å². The third-order valence-corrected chi connectivity index (χ3v) is 4.69. The average Bonchev–Trinajstić information content (AvgIpc) is 3.11. The number of carboxylic acids is 1. The van der Waals surface area contributed by atoms with E-state index < -0.39 is 12.5 Å². The summed E-state index contributed by atoms with van der Waals surface area (Å²) in [7, 11) is 0. The van der Waals surface area contributed by atoms with Crippen LogP contribution in [0.1, 0.15) is 49.7 Å². The van der Waals surface area contributed by atoms with E-state index >= 15 is 0 Å². The molecule has 0 bridgehead atoms. The summed E-state index contributed by atoms with van der Waals surface area (Å²) in [6, 6.07) is 12.9. The molecule has 0 unspecified atom stereocenters. The van der Waals surface area contributed by atoms with Crippen LogP contribution in [-0.4, -0.2) is 44.1 Å². The minimum atomic E-state index is -1.07. The highest BCUT2D eigenvalue weighted by Gasteiger charge is 2.21. The van der Waals surface area contributed by atoms with Crippen molar-refractivity contribution >= 4 is 22.9 Å². The second kappa shape index (κ2) is 8.98. The number of hydrogen-bond acceptors (Lipinski definition) is 4. The van der Waals surface area contributed by atoms with Gasteiger partial charge < -0.3 is 19.3 Å². The minimum absolute atomic E-state index is 0.0340. The maximum atomic E-state index is 13.2. The molecule has 1 heterocycles. The molecule has 0 spiro atoms. The maximum Gasteiger partial charge on any atom is 0.323 e. The fraction of sp³-hybridized carbons (Fsp3) is 0.348. The molecule has 7 heteroatoms. The van der Waals surface area contributed by atoms with Crippen molar-refractivity contribution in [2.24, 2.45) is 0 Å². The van der Waals surface area contributed by atoms with Gasteiger partial charge in [-0.25, -0.2) is 4.98 Å². The van der Waals surface area contributed by atoms with Gasteiger partial charge in [-0.1, -0.05) is 18.2 Å². The number of fused-ring (bicyclic) bond motifs is 1. The highest BCUT2D eigenvalue weighted by molar-refractivity contribution is 5.98. The number of benzene rings is 2. The number of carbonyl (C=O) groups is 2. The molecule has 0 radical (unpaired) electrons. The zero-order valence-corrected chi connectivity index (χ0v) is 17.7. The summed E-state index contributed by atoms with van der Waals surface area (Å²) in [6.07, 6.45) is 1.71. The number of aliphatic carboxylic acids is 1. The van der Waals surface area contributed by atoms with Crippen LogP contribution >= 0.6 is 0 Å². The van der Waals surface area contributed by atoms with E-state index in [-0.39, 0.29) is 24.6 Å². The summed E-state index contributed by atoms with van der Waals surface area (Å²) >= 11 is 0. The molecule has 0 aliphatic heterocycles. The molecule has 0 saturated heterocycles. The highest BCUT2D eigenvalue weighted by Crippen LogP contribution is 2.23. The lowest BCUT2D eigenvalue weighted by Gasteiger charge is -2.23.